The number of thiophene rings is 1. The van der Waals surface area contributed by atoms with Crippen molar-refractivity contribution in [1.82, 2.24) is 19.7 Å². The fourth-order valence-corrected chi connectivity index (χ4v) is 4.45. The van der Waals surface area contributed by atoms with Crippen molar-refractivity contribution in [1.29, 1.82) is 0 Å². The predicted molar refractivity (Wildman–Crippen MR) is 124 cm³/mol. The van der Waals surface area contributed by atoms with E-state index in [1.54, 1.807) is 7.11 Å². The van der Waals surface area contributed by atoms with E-state index in [1.165, 1.54) is 33.4 Å². The highest BCUT2D eigenvalue weighted by Crippen LogP contribution is 2.31. The molecule has 3 aromatic heterocycles. The second-order valence-corrected chi connectivity index (χ2v) is 8.41. The lowest BCUT2D eigenvalue weighted by molar-refractivity contribution is 0.369. The van der Waals surface area contributed by atoms with Crippen molar-refractivity contribution in [2.45, 2.75) is 20.4 Å². The summed E-state index contributed by atoms with van der Waals surface area (Å²) in [6, 6.07) is 13.6. The molecule has 0 saturated carbocycles. The normalized spacial score (nSPS) is 11.2. The molecule has 160 valence electrons. The topological polar surface area (TPSA) is 83.0 Å². The molecule has 0 aliphatic rings. The molecule has 0 atom stereocenters. The molecule has 0 spiro atoms. The van der Waals surface area contributed by atoms with Gasteiger partial charge in [-0.2, -0.15) is 4.98 Å². The Labute approximate surface area is 187 Å². The van der Waals surface area contributed by atoms with Crippen LogP contribution >= 0.6 is 11.3 Å². The van der Waals surface area contributed by atoms with Gasteiger partial charge in [0.15, 0.2) is 0 Å². The monoisotopic (exact) mass is 444 g/mol. The number of aromatic nitrogens is 4. The molecule has 0 amide bonds. The Kier molecular flexibility index (Phi) is 5.07. The van der Waals surface area contributed by atoms with Crippen molar-refractivity contribution in [2.24, 2.45) is 0 Å². The molecule has 0 radical (unpaired) electrons. The predicted octanol–water partition coefficient (Wildman–Crippen LogP) is 4.85. The second kappa shape index (κ2) is 8.05. The van der Waals surface area contributed by atoms with Gasteiger partial charge in [0.2, 0.25) is 11.7 Å². The first-order valence-electron chi connectivity index (χ1n) is 10.0. The van der Waals surface area contributed by atoms with Crippen LogP contribution in [0.1, 0.15) is 17.0 Å². The van der Waals surface area contributed by atoms with Crippen LogP contribution in [0.3, 0.4) is 0 Å². The number of ether oxygens (including phenoxy) is 1. The van der Waals surface area contributed by atoms with Crippen LogP contribution in [0.4, 0.5) is 0 Å². The van der Waals surface area contributed by atoms with Gasteiger partial charge in [-0.15, -0.1) is 11.3 Å². The summed E-state index contributed by atoms with van der Waals surface area (Å²) in [7, 11) is 1.60. The Bertz CT molecular complexity index is 1500. The third-order valence-corrected chi connectivity index (χ3v) is 6.37. The smallest absolute Gasteiger partial charge is 0.263 e. The van der Waals surface area contributed by atoms with Gasteiger partial charge in [0.05, 0.1) is 18.8 Å². The fourth-order valence-electron chi connectivity index (χ4n) is 3.55. The number of fused-ring (bicyclic) bond motifs is 1. The van der Waals surface area contributed by atoms with E-state index in [1.807, 2.05) is 35.7 Å². The van der Waals surface area contributed by atoms with Crippen LogP contribution in [0.15, 0.2) is 63.5 Å². The van der Waals surface area contributed by atoms with Crippen LogP contribution in [0.25, 0.3) is 32.7 Å². The summed E-state index contributed by atoms with van der Waals surface area (Å²) < 4.78 is 12.2. The van der Waals surface area contributed by atoms with Gasteiger partial charge in [0.25, 0.3) is 5.56 Å². The molecule has 8 heteroatoms. The van der Waals surface area contributed by atoms with Gasteiger partial charge in [-0.05, 0) is 42.7 Å². The molecule has 2 aromatic carbocycles. The molecule has 5 aromatic rings. The summed E-state index contributed by atoms with van der Waals surface area (Å²) in [5.74, 6) is 1.47. The van der Waals surface area contributed by atoms with Crippen molar-refractivity contribution in [3.8, 4) is 28.3 Å². The molecular formula is C24H20N4O3S. The summed E-state index contributed by atoms with van der Waals surface area (Å²) in [5.41, 5.74) is 4.94. The van der Waals surface area contributed by atoms with Crippen LogP contribution < -0.4 is 10.3 Å². The van der Waals surface area contributed by atoms with Crippen molar-refractivity contribution < 1.29 is 9.26 Å². The summed E-state index contributed by atoms with van der Waals surface area (Å²) in [6.45, 7) is 4.28. The van der Waals surface area contributed by atoms with Crippen LogP contribution in [-0.2, 0) is 6.54 Å². The molecule has 7 nitrogen and oxygen atoms in total. The minimum absolute atomic E-state index is 0.134. The van der Waals surface area contributed by atoms with E-state index in [9.17, 15) is 4.79 Å². The Hall–Kier alpha value is -3.78. The number of benzene rings is 2. The van der Waals surface area contributed by atoms with E-state index in [0.717, 1.165) is 16.7 Å². The lowest BCUT2D eigenvalue weighted by Gasteiger charge is -2.06. The maximum Gasteiger partial charge on any atom is 0.263 e. The average molecular weight is 445 g/mol. The fraction of sp³-hybridized carbons (Fsp3) is 0.167. The third kappa shape index (κ3) is 3.58. The van der Waals surface area contributed by atoms with Crippen LogP contribution in [0.2, 0.25) is 0 Å². The highest BCUT2D eigenvalue weighted by Gasteiger charge is 2.16. The number of nitrogens with zero attached hydrogens (tertiary/aromatic N) is 4. The molecule has 32 heavy (non-hydrogen) atoms. The SMILES string of the molecule is COc1cccc(-c2noc(Cn3cnc4scc(-c5ccc(C)c(C)c5)c4c3=O)n2)c1. The third-order valence-electron chi connectivity index (χ3n) is 5.48. The van der Waals surface area contributed by atoms with Gasteiger partial charge in [-0.3, -0.25) is 9.36 Å². The Morgan fingerprint density at radius 2 is 1.97 bits per heavy atom. The summed E-state index contributed by atoms with van der Waals surface area (Å²) >= 11 is 1.47. The van der Waals surface area contributed by atoms with E-state index in [0.29, 0.717) is 27.7 Å². The minimum atomic E-state index is -0.134. The van der Waals surface area contributed by atoms with Crippen LogP contribution in [0.5, 0.6) is 5.75 Å². The van der Waals surface area contributed by atoms with Crippen LogP contribution in [-0.4, -0.2) is 26.8 Å². The number of aryl methyl sites for hydroxylation is 2. The average Bonchev–Trinajstić information content (AvgIpc) is 3.45. The van der Waals surface area contributed by atoms with Crippen LogP contribution in [0, 0.1) is 13.8 Å². The largest absolute Gasteiger partial charge is 0.497 e. The maximum atomic E-state index is 13.3. The number of hydrogen-bond donors (Lipinski definition) is 0. The zero-order chi connectivity index (χ0) is 22.2. The van der Waals surface area contributed by atoms with E-state index < -0.39 is 0 Å². The number of hydrogen-bond acceptors (Lipinski definition) is 7. The Morgan fingerprint density at radius 3 is 2.78 bits per heavy atom. The Morgan fingerprint density at radius 1 is 1.09 bits per heavy atom. The van der Waals surface area contributed by atoms with E-state index in [4.69, 9.17) is 9.26 Å². The van der Waals surface area contributed by atoms with Gasteiger partial charge >= 0.3 is 0 Å². The standard InChI is InChI=1S/C24H20N4O3S/c1-14-7-8-16(9-15(14)2)19-12-32-23-21(19)24(29)28(13-25-23)11-20-26-22(27-31-20)17-5-4-6-18(10-17)30-3/h4-10,12-13H,11H2,1-3H3. The molecule has 0 unspecified atom stereocenters. The molecule has 0 fully saturated rings. The molecule has 0 aliphatic carbocycles. The second-order valence-electron chi connectivity index (χ2n) is 7.55. The molecule has 0 bridgehead atoms. The summed E-state index contributed by atoms with van der Waals surface area (Å²) in [6.07, 6.45) is 1.53. The lowest BCUT2D eigenvalue weighted by atomic mass is 10.0. The van der Waals surface area contributed by atoms with E-state index >= 15 is 0 Å². The maximum absolute atomic E-state index is 13.3. The van der Waals surface area contributed by atoms with E-state index in [-0.39, 0.29) is 12.1 Å². The summed E-state index contributed by atoms with van der Waals surface area (Å²) in [4.78, 5) is 23.0. The van der Waals surface area contributed by atoms with Crippen molar-refractivity contribution in [2.75, 3.05) is 7.11 Å². The highest BCUT2D eigenvalue weighted by atomic mass is 32.1. The first-order valence-corrected chi connectivity index (χ1v) is 10.9. The Balaban J connectivity index is 1.50. The zero-order valence-corrected chi connectivity index (χ0v) is 18.6. The van der Waals surface area contributed by atoms with Gasteiger partial charge < -0.3 is 9.26 Å². The minimum Gasteiger partial charge on any atom is -0.497 e. The summed E-state index contributed by atoms with van der Waals surface area (Å²) in [5, 5.41) is 6.64. The van der Waals surface area contributed by atoms with Gasteiger partial charge in [-0.25, -0.2) is 4.98 Å². The molecule has 0 saturated heterocycles. The molecule has 3 heterocycles. The molecular weight excluding hydrogens is 424 g/mol. The molecule has 0 N–H and O–H groups in total. The first-order chi connectivity index (χ1) is 15.5. The highest BCUT2D eigenvalue weighted by molar-refractivity contribution is 7.17. The number of methoxy groups -OCH3 is 1. The van der Waals surface area contributed by atoms with Gasteiger partial charge in [0, 0.05) is 16.5 Å². The quantitative estimate of drug-likeness (QED) is 0.385. The lowest BCUT2D eigenvalue weighted by Crippen LogP contribution is -2.21. The van der Waals surface area contributed by atoms with Crippen molar-refractivity contribution >= 4 is 21.6 Å². The van der Waals surface area contributed by atoms with Crippen molar-refractivity contribution in [3.05, 3.63) is 81.5 Å². The van der Waals surface area contributed by atoms with E-state index in [2.05, 4.69) is 41.1 Å². The van der Waals surface area contributed by atoms with Crippen molar-refractivity contribution in [3.63, 3.8) is 0 Å². The molecule has 0 aliphatic heterocycles. The van der Waals surface area contributed by atoms with Gasteiger partial charge in [0.1, 0.15) is 17.1 Å². The first kappa shape index (κ1) is 20.1. The zero-order valence-electron chi connectivity index (χ0n) is 17.8. The molecule has 5 rings (SSSR count). The van der Waals surface area contributed by atoms with Gasteiger partial charge in [-0.1, -0.05) is 35.5 Å². The number of rotatable bonds is 5.